The second kappa shape index (κ2) is 7.95. The summed E-state index contributed by atoms with van der Waals surface area (Å²) in [5, 5.41) is 2.75. The normalized spacial score (nSPS) is 16.3. The molecule has 6 heteroatoms. The SMILES string of the molecule is Cc1cc(/C=C2\C(=O)NC(=S)N(c3ccc(C(C)C)cc3)C2=O)c(C)n1C(C)C. The van der Waals surface area contributed by atoms with Crippen molar-refractivity contribution in [3.63, 3.8) is 0 Å². The molecule has 2 aromatic rings. The van der Waals surface area contributed by atoms with Gasteiger partial charge in [0.05, 0.1) is 5.69 Å². The molecule has 0 bridgehead atoms. The van der Waals surface area contributed by atoms with Crippen molar-refractivity contribution >= 4 is 40.9 Å². The third kappa shape index (κ3) is 3.90. The van der Waals surface area contributed by atoms with Crippen molar-refractivity contribution in [2.75, 3.05) is 4.90 Å². The molecule has 2 amide bonds. The summed E-state index contributed by atoms with van der Waals surface area (Å²) in [6, 6.07) is 9.97. The van der Waals surface area contributed by atoms with Gasteiger partial charge >= 0.3 is 0 Å². The maximum absolute atomic E-state index is 13.2. The maximum Gasteiger partial charge on any atom is 0.270 e. The molecule has 0 unspecified atom stereocenters. The summed E-state index contributed by atoms with van der Waals surface area (Å²) in [6.45, 7) is 12.5. The summed E-state index contributed by atoms with van der Waals surface area (Å²) < 4.78 is 2.19. The molecule has 3 rings (SSSR count). The standard InChI is InChI=1S/C23H27N3O2S/c1-13(2)17-7-9-19(10-8-17)26-22(28)20(21(27)24-23(26)29)12-18-11-15(5)25(14(3)4)16(18)6/h7-14H,1-6H3,(H,24,27,29)/b20-12+. The monoisotopic (exact) mass is 409 g/mol. The predicted octanol–water partition coefficient (Wildman–Crippen LogP) is 4.64. The van der Waals surface area contributed by atoms with Gasteiger partial charge in [-0.2, -0.15) is 0 Å². The topological polar surface area (TPSA) is 54.3 Å². The van der Waals surface area contributed by atoms with Crippen molar-refractivity contribution < 1.29 is 9.59 Å². The number of aryl methyl sites for hydroxylation is 1. The summed E-state index contributed by atoms with van der Waals surface area (Å²) >= 11 is 5.29. The van der Waals surface area contributed by atoms with Gasteiger partial charge in [0.1, 0.15) is 5.57 Å². The summed E-state index contributed by atoms with van der Waals surface area (Å²) in [7, 11) is 0. The molecule has 1 N–H and O–H groups in total. The lowest BCUT2D eigenvalue weighted by Crippen LogP contribution is -2.54. The second-order valence-corrected chi connectivity index (χ2v) is 8.38. The molecule has 0 radical (unpaired) electrons. The number of anilines is 1. The van der Waals surface area contributed by atoms with Crippen LogP contribution in [0.3, 0.4) is 0 Å². The number of hydrogen-bond acceptors (Lipinski definition) is 3. The number of aromatic nitrogens is 1. The number of rotatable bonds is 4. The second-order valence-electron chi connectivity index (χ2n) is 7.99. The molecule has 0 atom stereocenters. The van der Waals surface area contributed by atoms with Crippen LogP contribution in [0.2, 0.25) is 0 Å². The van der Waals surface area contributed by atoms with E-state index in [-0.39, 0.29) is 10.7 Å². The maximum atomic E-state index is 13.2. The first kappa shape index (κ1) is 21.0. The van der Waals surface area contributed by atoms with Crippen LogP contribution in [0.15, 0.2) is 35.9 Å². The lowest BCUT2D eigenvalue weighted by atomic mass is 10.0. The molecular weight excluding hydrogens is 382 g/mol. The summed E-state index contributed by atoms with van der Waals surface area (Å²) in [6.07, 6.45) is 1.66. The number of carbonyl (C=O) groups excluding carboxylic acids is 2. The van der Waals surface area contributed by atoms with E-state index in [4.69, 9.17) is 12.2 Å². The molecule has 0 spiro atoms. The number of amides is 2. The molecule has 29 heavy (non-hydrogen) atoms. The zero-order valence-electron chi connectivity index (χ0n) is 17.7. The van der Waals surface area contributed by atoms with Gasteiger partial charge in [0.25, 0.3) is 11.8 Å². The average Bonchev–Trinajstić information content (AvgIpc) is 2.92. The Kier molecular flexibility index (Phi) is 5.75. The largest absolute Gasteiger partial charge is 0.346 e. The molecule has 1 saturated heterocycles. The van der Waals surface area contributed by atoms with Crippen LogP contribution in [0, 0.1) is 13.8 Å². The van der Waals surface area contributed by atoms with Crippen molar-refractivity contribution in [1.29, 1.82) is 0 Å². The highest BCUT2D eigenvalue weighted by atomic mass is 32.1. The molecular formula is C23H27N3O2S. The molecule has 1 aromatic heterocycles. The molecule has 1 aliphatic rings. The van der Waals surface area contributed by atoms with Crippen LogP contribution in [0.1, 0.15) is 62.2 Å². The van der Waals surface area contributed by atoms with E-state index in [9.17, 15) is 9.59 Å². The number of nitrogens with zero attached hydrogens (tertiary/aromatic N) is 2. The fourth-order valence-electron chi connectivity index (χ4n) is 3.80. The fraction of sp³-hybridized carbons (Fsp3) is 0.348. The number of hydrogen-bond donors (Lipinski definition) is 1. The third-order valence-corrected chi connectivity index (χ3v) is 5.54. The van der Waals surface area contributed by atoms with E-state index in [1.165, 1.54) is 10.5 Å². The first-order chi connectivity index (χ1) is 13.6. The van der Waals surface area contributed by atoms with Crippen LogP contribution >= 0.6 is 12.2 Å². The Morgan fingerprint density at radius 3 is 2.17 bits per heavy atom. The number of benzene rings is 1. The minimum atomic E-state index is -0.468. The quantitative estimate of drug-likeness (QED) is 0.455. The summed E-state index contributed by atoms with van der Waals surface area (Å²) in [5.74, 6) is -0.491. The molecule has 1 aromatic carbocycles. The van der Waals surface area contributed by atoms with Crippen molar-refractivity contribution in [3.05, 3.63) is 58.4 Å². The Bertz CT molecular complexity index is 1010. The van der Waals surface area contributed by atoms with E-state index in [1.54, 1.807) is 6.08 Å². The summed E-state index contributed by atoms with van der Waals surface area (Å²) in [5.41, 5.74) is 4.86. The molecule has 0 saturated carbocycles. The fourth-order valence-corrected chi connectivity index (χ4v) is 4.08. The van der Waals surface area contributed by atoms with Gasteiger partial charge in [-0.05, 0) is 81.2 Å². The Morgan fingerprint density at radius 2 is 1.66 bits per heavy atom. The lowest BCUT2D eigenvalue weighted by molar-refractivity contribution is -0.122. The Balaban J connectivity index is 2.01. The Labute approximate surface area is 177 Å². The van der Waals surface area contributed by atoms with E-state index >= 15 is 0 Å². The number of carbonyl (C=O) groups is 2. The minimum Gasteiger partial charge on any atom is -0.346 e. The van der Waals surface area contributed by atoms with Crippen LogP contribution in [-0.2, 0) is 9.59 Å². The highest BCUT2D eigenvalue weighted by Gasteiger charge is 2.34. The van der Waals surface area contributed by atoms with Gasteiger partial charge in [-0.15, -0.1) is 0 Å². The number of nitrogens with one attached hydrogen (secondary N) is 1. The van der Waals surface area contributed by atoms with Gasteiger partial charge in [-0.1, -0.05) is 26.0 Å². The zero-order valence-corrected chi connectivity index (χ0v) is 18.6. The third-order valence-electron chi connectivity index (χ3n) is 5.26. The van der Waals surface area contributed by atoms with Crippen molar-refractivity contribution in [2.45, 2.75) is 53.5 Å². The first-order valence-electron chi connectivity index (χ1n) is 9.81. The molecule has 1 aliphatic heterocycles. The van der Waals surface area contributed by atoms with Crippen molar-refractivity contribution in [1.82, 2.24) is 9.88 Å². The van der Waals surface area contributed by atoms with Crippen molar-refractivity contribution in [2.24, 2.45) is 0 Å². The van der Waals surface area contributed by atoms with Gasteiger partial charge in [0.2, 0.25) is 0 Å². The predicted molar refractivity (Wildman–Crippen MR) is 121 cm³/mol. The van der Waals surface area contributed by atoms with Gasteiger partial charge in [-0.3, -0.25) is 19.8 Å². The van der Waals surface area contributed by atoms with Crippen LogP contribution in [-0.4, -0.2) is 21.5 Å². The Hall–Kier alpha value is -2.73. The van der Waals surface area contributed by atoms with Crippen LogP contribution < -0.4 is 10.2 Å². The minimum absolute atomic E-state index is 0.0792. The molecule has 2 heterocycles. The molecule has 5 nitrogen and oxygen atoms in total. The first-order valence-corrected chi connectivity index (χ1v) is 10.2. The summed E-state index contributed by atoms with van der Waals surface area (Å²) in [4.78, 5) is 27.1. The zero-order chi connectivity index (χ0) is 21.5. The smallest absolute Gasteiger partial charge is 0.270 e. The van der Waals surface area contributed by atoms with Gasteiger partial charge in [0.15, 0.2) is 5.11 Å². The van der Waals surface area contributed by atoms with Crippen molar-refractivity contribution in [3.8, 4) is 0 Å². The lowest BCUT2D eigenvalue weighted by Gasteiger charge is -2.29. The van der Waals surface area contributed by atoms with Crippen LogP contribution in [0.5, 0.6) is 0 Å². The Morgan fingerprint density at radius 1 is 1.03 bits per heavy atom. The average molecular weight is 410 g/mol. The van der Waals surface area contributed by atoms with Gasteiger partial charge in [-0.25, -0.2) is 0 Å². The van der Waals surface area contributed by atoms with Crippen LogP contribution in [0.25, 0.3) is 6.08 Å². The van der Waals surface area contributed by atoms with Crippen LogP contribution in [0.4, 0.5) is 5.69 Å². The highest BCUT2D eigenvalue weighted by Crippen LogP contribution is 2.27. The van der Waals surface area contributed by atoms with E-state index in [1.807, 2.05) is 44.2 Å². The van der Waals surface area contributed by atoms with E-state index in [0.29, 0.717) is 17.6 Å². The van der Waals surface area contributed by atoms with Gasteiger partial charge < -0.3 is 4.57 Å². The highest BCUT2D eigenvalue weighted by molar-refractivity contribution is 7.80. The number of thiocarbonyl (C=S) groups is 1. The van der Waals surface area contributed by atoms with E-state index in [2.05, 4.69) is 37.6 Å². The molecule has 0 aliphatic carbocycles. The molecule has 152 valence electrons. The van der Waals surface area contributed by atoms with E-state index < -0.39 is 11.8 Å². The molecule has 1 fully saturated rings. The van der Waals surface area contributed by atoms with E-state index in [0.717, 1.165) is 17.0 Å². The van der Waals surface area contributed by atoms with Gasteiger partial charge in [0, 0.05) is 17.4 Å².